The molecule has 2 atom stereocenters. The van der Waals surface area contributed by atoms with Crippen molar-refractivity contribution in [1.82, 2.24) is 4.98 Å². The van der Waals surface area contributed by atoms with E-state index in [0.717, 1.165) is 17.3 Å². The fourth-order valence-electron chi connectivity index (χ4n) is 4.16. The van der Waals surface area contributed by atoms with Gasteiger partial charge < -0.3 is 0 Å². The summed E-state index contributed by atoms with van der Waals surface area (Å²) in [7, 11) is -3.02. The molecule has 2 aromatic rings. The third-order valence-electron chi connectivity index (χ3n) is 5.36. The predicted molar refractivity (Wildman–Crippen MR) is 89.1 cm³/mol. The van der Waals surface area contributed by atoms with Crippen LogP contribution in [0.3, 0.4) is 0 Å². The van der Waals surface area contributed by atoms with Crippen molar-refractivity contribution in [2.45, 2.75) is 42.6 Å². The van der Waals surface area contributed by atoms with Crippen LogP contribution in [0.2, 0.25) is 0 Å². The Bertz CT molecular complexity index is 849. The van der Waals surface area contributed by atoms with Gasteiger partial charge in [0.15, 0.2) is 15.6 Å². The fraction of sp³-hybridized carbons (Fsp3) is 0.444. The number of ketones is 1. The molecule has 3 heterocycles. The Morgan fingerprint density at radius 3 is 2.52 bits per heavy atom. The number of sulfone groups is 1. The lowest BCUT2D eigenvalue weighted by atomic mass is 9.83. The van der Waals surface area contributed by atoms with Gasteiger partial charge in [0, 0.05) is 23.1 Å². The maximum Gasteiger partial charge on any atom is 0.166 e. The monoisotopic (exact) mass is 329 g/mol. The van der Waals surface area contributed by atoms with E-state index >= 15 is 0 Å². The molecule has 0 aliphatic carbocycles. The summed E-state index contributed by atoms with van der Waals surface area (Å²) in [5.41, 5.74) is 1.49. The van der Waals surface area contributed by atoms with Crippen LogP contribution in [0.15, 0.2) is 36.5 Å². The number of Topliss-reactive ketones (excluding diaryl/α,β-unsaturated/α-hetero) is 1. The molecule has 0 spiro atoms. The van der Waals surface area contributed by atoms with Crippen LogP contribution >= 0.6 is 0 Å². The molecular formula is C18H19NO3S. The zero-order valence-corrected chi connectivity index (χ0v) is 13.6. The molecule has 2 unspecified atom stereocenters. The molecule has 2 saturated heterocycles. The summed E-state index contributed by atoms with van der Waals surface area (Å²) in [6.45, 7) is 0. The van der Waals surface area contributed by atoms with Gasteiger partial charge >= 0.3 is 0 Å². The number of nitrogens with zero attached hydrogens (tertiary/aromatic N) is 1. The second kappa shape index (κ2) is 5.41. The normalized spacial score (nSPS) is 29.3. The standard InChI is InChI=1S/C18H19NO3S/c20-18(16-6-2-8-17-15(16)7-3-9-19-17)12-10-13-4-1-5-14(11-12)23(13,21)22/h2-3,6-9,12-14H,1,4-5,10-11H2. The number of carbonyl (C=O) groups is 1. The highest BCUT2D eigenvalue weighted by atomic mass is 32.2. The second-order valence-electron chi connectivity index (χ2n) is 6.67. The van der Waals surface area contributed by atoms with Crippen LogP contribution in [0.25, 0.3) is 10.9 Å². The van der Waals surface area contributed by atoms with Crippen molar-refractivity contribution in [3.63, 3.8) is 0 Å². The number of hydrogen-bond acceptors (Lipinski definition) is 4. The average molecular weight is 329 g/mol. The van der Waals surface area contributed by atoms with Gasteiger partial charge in [-0.2, -0.15) is 0 Å². The first kappa shape index (κ1) is 14.8. The summed E-state index contributed by atoms with van der Waals surface area (Å²) in [6.07, 6.45) is 5.06. The smallest absolute Gasteiger partial charge is 0.166 e. The predicted octanol–water partition coefficient (Wildman–Crippen LogP) is 3.16. The van der Waals surface area contributed by atoms with E-state index in [9.17, 15) is 13.2 Å². The number of carbonyl (C=O) groups excluding carboxylic acids is 1. The molecule has 2 fully saturated rings. The van der Waals surface area contributed by atoms with E-state index in [1.165, 1.54) is 0 Å². The van der Waals surface area contributed by atoms with Crippen molar-refractivity contribution in [3.8, 4) is 0 Å². The first-order valence-electron chi connectivity index (χ1n) is 8.18. The Balaban J connectivity index is 1.70. The van der Waals surface area contributed by atoms with Gasteiger partial charge in [-0.3, -0.25) is 9.78 Å². The highest BCUT2D eigenvalue weighted by Gasteiger charge is 2.46. The van der Waals surface area contributed by atoms with E-state index in [1.807, 2.05) is 30.3 Å². The minimum atomic E-state index is -3.02. The number of fused-ring (bicyclic) bond motifs is 3. The van der Waals surface area contributed by atoms with Crippen molar-refractivity contribution in [1.29, 1.82) is 0 Å². The van der Waals surface area contributed by atoms with Crippen LogP contribution in [0, 0.1) is 5.92 Å². The second-order valence-corrected chi connectivity index (χ2v) is 9.18. The van der Waals surface area contributed by atoms with E-state index in [1.54, 1.807) is 6.20 Å². The Morgan fingerprint density at radius 2 is 1.78 bits per heavy atom. The Kier molecular flexibility index (Phi) is 3.48. The van der Waals surface area contributed by atoms with E-state index in [-0.39, 0.29) is 22.2 Å². The van der Waals surface area contributed by atoms with Crippen molar-refractivity contribution in [2.24, 2.45) is 5.92 Å². The third-order valence-corrected chi connectivity index (χ3v) is 8.07. The quantitative estimate of drug-likeness (QED) is 0.794. The first-order chi connectivity index (χ1) is 11.1. The molecule has 5 heteroatoms. The fourth-order valence-corrected chi connectivity index (χ4v) is 6.70. The van der Waals surface area contributed by atoms with Crippen molar-refractivity contribution >= 4 is 26.5 Å². The molecule has 1 aromatic carbocycles. The maximum atomic E-state index is 13.0. The lowest BCUT2D eigenvalue weighted by molar-refractivity contribution is 0.0895. The number of aromatic nitrogens is 1. The molecule has 2 aliphatic heterocycles. The number of pyridine rings is 1. The first-order valence-corrected chi connectivity index (χ1v) is 9.79. The van der Waals surface area contributed by atoms with Crippen LogP contribution in [0.1, 0.15) is 42.5 Å². The van der Waals surface area contributed by atoms with E-state index in [2.05, 4.69) is 4.98 Å². The molecule has 1 aromatic heterocycles. The van der Waals surface area contributed by atoms with Gasteiger partial charge in [-0.25, -0.2) is 8.42 Å². The van der Waals surface area contributed by atoms with Gasteiger partial charge in [0.05, 0.1) is 16.0 Å². The number of hydrogen-bond donors (Lipinski definition) is 0. The Labute approximate surface area is 135 Å². The molecule has 2 bridgehead atoms. The highest BCUT2D eigenvalue weighted by Crippen LogP contribution is 2.40. The van der Waals surface area contributed by atoms with E-state index < -0.39 is 9.84 Å². The minimum absolute atomic E-state index is 0.0791. The molecule has 2 aliphatic rings. The van der Waals surface area contributed by atoms with Gasteiger partial charge in [0.1, 0.15) is 0 Å². The van der Waals surface area contributed by atoms with E-state index in [0.29, 0.717) is 31.2 Å². The topological polar surface area (TPSA) is 64.1 Å². The van der Waals surface area contributed by atoms with Crippen molar-refractivity contribution in [3.05, 3.63) is 42.1 Å². The number of rotatable bonds is 2. The highest BCUT2D eigenvalue weighted by molar-refractivity contribution is 7.92. The SMILES string of the molecule is O=C(c1cccc2ncccc12)C1CC2CCCC(C1)S2(=O)=O. The van der Waals surface area contributed by atoms with Crippen LogP contribution in [-0.4, -0.2) is 29.7 Å². The van der Waals surface area contributed by atoms with Crippen LogP contribution in [0.5, 0.6) is 0 Å². The molecule has 4 rings (SSSR count). The van der Waals surface area contributed by atoms with Gasteiger partial charge in [-0.1, -0.05) is 24.6 Å². The molecular weight excluding hydrogens is 310 g/mol. The molecule has 0 N–H and O–H groups in total. The van der Waals surface area contributed by atoms with Crippen molar-refractivity contribution in [2.75, 3.05) is 0 Å². The van der Waals surface area contributed by atoms with E-state index in [4.69, 9.17) is 0 Å². The molecule has 4 nitrogen and oxygen atoms in total. The van der Waals surface area contributed by atoms with Crippen LogP contribution in [0.4, 0.5) is 0 Å². The van der Waals surface area contributed by atoms with Gasteiger partial charge in [-0.15, -0.1) is 0 Å². The van der Waals surface area contributed by atoms with Gasteiger partial charge in [0.2, 0.25) is 0 Å². The zero-order chi connectivity index (χ0) is 16.0. The molecule has 0 saturated carbocycles. The summed E-state index contributed by atoms with van der Waals surface area (Å²) in [5.74, 6) is -0.102. The average Bonchev–Trinajstić information content (AvgIpc) is 2.52. The van der Waals surface area contributed by atoms with Crippen LogP contribution < -0.4 is 0 Å². The zero-order valence-electron chi connectivity index (χ0n) is 12.8. The molecule has 120 valence electrons. The molecule has 0 radical (unpaired) electrons. The Hall–Kier alpha value is -1.75. The van der Waals surface area contributed by atoms with Crippen LogP contribution in [-0.2, 0) is 9.84 Å². The summed E-state index contributed by atoms with van der Waals surface area (Å²) in [4.78, 5) is 17.3. The summed E-state index contributed by atoms with van der Waals surface area (Å²) in [6, 6.07) is 9.33. The largest absolute Gasteiger partial charge is 0.294 e. The molecule has 23 heavy (non-hydrogen) atoms. The van der Waals surface area contributed by atoms with Crippen molar-refractivity contribution < 1.29 is 13.2 Å². The molecule has 0 amide bonds. The lowest BCUT2D eigenvalue weighted by Gasteiger charge is -2.38. The maximum absolute atomic E-state index is 13.0. The summed E-state index contributed by atoms with van der Waals surface area (Å²) >= 11 is 0. The third kappa shape index (κ3) is 2.38. The van der Waals surface area contributed by atoms with Gasteiger partial charge in [-0.05, 0) is 37.8 Å². The Morgan fingerprint density at radius 1 is 1.04 bits per heavy atom. The lowest BCUT2D eigenvalue weighted by Crippen LogP contribution is -2.45. The summed E-state index contributed by atoms with van der Waals surface area (Å²) < 4.78 is 24.8. The minimum Gasteiger partial charge on any atom is -0.294 e. The summed E-state index contributed by atoms with van der Waals surface area (Å²) in [5, 5.41) is 0.215. The number of benzene rings is 1. The van der Waals surface area contributed by atoms with Gasteiger partial charge in [0.25, 0.3) is 0 Å².